The molecule has 9 heteroatoms. The minimum Gasteiger partial charge on any atom is -0.323 e. The van der Waals surface area contributed by atoms with Crippen LogP contribution in [0.2, 0.25) is 5.02 Å². The van der Waals surface area contributed by atoms with Crippen LogP contribution in [0.15, 0.2) is 29.6 Å². The van der Waals surface area contributed by atoms with Gasteiger partial charge in [0, 0.05) is 16.0 Å². The molecular weight excluding hydrogens is 412 g/mol. The average Bonchev–Trinajstić information content (AvgIpc) is 3.24. The van der Waals surface area contributed by atoms with Crippen LogP contribution in [-0.4, -0.2) is 39.8 Å². The summed E-state index contributed by atoms with van der Waals surface area (Å²) in [7, 11) is 0. The van der Waals surface area contributed by atoms with Crippen LogP contribution in [-0.2, 0) is 9.59 Å². The minimum absolute atomic E-state index is 0.0571. The Balaban J connectivity index is 1.42. The van der Waals surface area contributed by atoms with Gasteiger partial charge in [0.05, 0.1) is 5.69 Å². The second-order valence-corrected chi connectivity index (χ2v) is 8.83. The smallest absolute Gasteiger partial charge is 0.323 e. The van der Waals surface area contributed by atoms with E-state index in [2.05, 4.69) is 15.6 Å². The van der Waals surface area contributed by atoms with Crippen molar-refractivity contribution in [3.63, 3.8) is 0 Å². The number of nitrogens with zero attached hydrogens (tertiary/aromatic N) is 2. The van der Waals surface area contributed by atoms with Crippen LogP contribution in [0.4, 0.5) is 9.93 Å². The lowest BCUT2D eigenvalue weighted by Gasteiger charge is -2.36. The molecule has 0 bridgehead atoms. The summed E-state index contributed by atoms with van der Waals surface area (Å²) in [6.07, 6.45) is 3.45. The van der Waals surface area contributed by atoms with E-state index in [0.29, 0.717) is 22.3 Å². The average molecular weight is 433 g/mol. The second kappa shape index (κ2) is 7.76. The molecule has 152 valence electrons. The molecular formula is C20H21ClN4O3S. The van der Waals surface area contributed by atoms with Gasteiger partial charge in [-0.25, -0.2) is 9.78 Å². The van der Waals surface area contributed by atoms with Crippen molar-refractivity contribution in [3.8, 4) is 11.3 Å². The Morgan fingerprint density at radius 1 is 1.34 bits per heavy atom. The van der Waals surface area contributed by atoms with Gasteiger partial charge in [0.25, 0.3) is 5.91 Å². The normalized spacial score (nSPS) is 24.1. The van der Waals surface area contributed by atoms with Gasteiger partial charge in [-0.1, -0.05) is 43.5 Å². The molecule has 7 nitrogen and oxygen atoms in total. The standard InChI is InChI=1S/C20H21ClN4O3S/c1-12-4-2-3-9-20(12)17(27)25(19(28)24-20)10-16(26)23-18-22-15(11-29-18)13-5-7-14(21)8-6-13/h5-8,11-12H,2-4,9-10H2,1H3,(H,24,28)(H,22,23,26). The number of hydrogen-bond acceptors (Lipinski definition) is 5. The number of hydrogen-bond donors (Lipinski definition) is 2. The SMILES string of the molecule is CC1CCCCC12NC(=O)N(CC(=O)Nc1nc(-c3ccc(Cl)cc3)cs1)C2=O. The quantitative estimate of drug-likeness (QED) is 0.716. The van der Waals surface area contributed by atoms with Crippen molar-refractivity contribution in [2.45, 2.75) is 38.1 Å². The molecule has 4 rings (SSSR count). The number of rotatable bonds is 4. The topological polar surface area (TPSA) is 91.4 Å². The summed E-state index contributed by atoms with van der Waals surface area (Å²) in [6, 6.07) is 6.74. The third-order valence-electron chi connectivity index (χ3n) is 5.69. The third kappa shape index (κ3) is 3.74. The predicted molar refractivity (Wildman–Crippen MR) is 112 cm³/mol. The molecule has 1 aromatic carbocycles. The van der Waals surface area contributed by atoms with Crippen LogP contribution in [0.25, 0.3) is 11.3 Å². The summed E-state index contributed by atoms with van der Waals surface area (Å²) < 4.78 is 0. The summed E-state index contributed by atoms with van der Waals surface area (Å²) in [6.45, 7) is 1.66. The number of urea groups is 1. The van der Waals surface area contributed by atoms with Crippen molar-refractivity contribution in [3.05, 3.63) is 34.7 Å². The van der Waals surface area contributed by atoms with E-state index >= 15 is 0 Å². The highest BCUT2D eigenvalue weighted by Crippen LogP contribution is 2.38. The first-order valence-electron chi connectivity index (χ1n) is 9.54. The maximum atomic E-state index is 12.9. The highest BCUT2D eigenvalue weighted by molar-refractivity contribution is 7.14. The molecule has 1 saturated carbocycles. The van der Waals surface area contributed by atoms with E-state index in [-0.39, 0.29) is 18.4 Å². The number of imide groups is 1. The van der Waals surface area contributed by atoms with E-state index in [1.54, 1.807) is 12.1 Å². The summed E-state index contributed by atoms with van der Waals surface area (Å²) in [5.41, 5.74) is 0.735. The van der Waals surface area contributed by atoms with Gasteiger partial charge in [-0.3, -0.25) is 14.5 Å². The van der Waals surface area contributed by atoms with Gasteiger partial charge in [0.2, 0.25) is 5.91 Å². The molecule has 2 fully saturated rings. The fourth-order valence-electron chi connectivity index (χ4n) is 4.03. The van der Waals surface area contributed by atoms with Crippen molar-refractivity contribution in [2.75, 3.05) is 11.9 Å². The number of halogens is 1. The molecule has 2 heterocycles. The summed E-state index contributed by atoms with van der Waals surface area (Å²) in [4.78, 5) is 43.2. The maximum absolute atomic E-state index is 12.9. The lowest BCUT2D eigenvalue weighted by atomic mass is 9.73. The number of carbonyl (C=O) groups excluding carboxylic acids is 3. The Morgan fingerprint density at radius 2 is 2.10 bits per heavy atom. The number of benzene rings is 1. The fraction of sp³-hybridized carbons (Fsp3) is 0.400. The van der Waals surface area contributed by atoms with Crippen molar-refractivity contribution in [1.82, 2.24) is 15.2 Å². The summed E-state index contributed by atoms with van der Waals surface area (Å²) in [5.74, 6) is -0.696. The number of carbonyl (C=O) groups is 3. The zero-order chi connectivity index (χ0) is 20.6. The van der Waals surface area contributed by atoms with E-state index in [9.17, 15) is 14.4 Å². The minimum atomic E-state index is -0.863. The molecule has 1 spiro atoms. The van der Waals surface area contributed by atoms with Crippen LogP contribution in [0.5, 0.6) is 0 Å². The number of aromatic nitrogens is 1. The van der Waals surface area contributed by atoms with Gasteiger partial charge in [-0.2, -0.15) is 0 Å². The molecule has 2 aliphatic rings. The zero-order valence-corrected chi connectivity index (χ0v) is 17.5. The Kier molecular flexibility index (Phi) is 5.31. The van der Waals surface area contributed by atoms with Crippen molar-refractivity contribution in [2.24, 2.45) is 5.92 Å². The largest absolute Gasteiger partial charge is 0.325 e. The monoisotopic (exact) mass is 432 g/mol. The molecule has 1 saturated heterocycles. The molecule has 2 N–H and O–H groups in total. The zero-order valence-electron chi connectivity index (χ0n) is 15.9. The van der Waals surface area contributed by atoms with Gasteiger partial charge < -0.3 is 10.6 Å². The van der Waals surface area contributed by atoms with Crippen molar-refractivity contribution in [1.29, 1.82) is 0 Å². The van der Waals surface area contributed by atoms with Crippen molar-refractivity contribution < 1.29 is 14.4 Å². The number of anilines is 1. The molecule has 1 aromatic heterocycles. The Labute approximate surface area is 177 Å². The van der Waals surface area contributed by atoms with Gasteiger partial charge in [0.15, 0.2) is 5.13 Å². The molecule has 4 amide bonds. The Bertz CT molecular complexity index is 961. The van der Waals surface area contributed by atoms with Crippen LogP contribution >= 0.6 is 22.9 Å². The van der Waals surface area contributed by atoms with E-state index in [1.807, 2.05) is 24.4 Å². The van der Waals surface area contributed by atoms with Gasteiger partial charge in [-0.15, -0.1) is 11.3 Å². The fourth-order valence-corrected chi connectivity index (χ4v) is 4.89. The molecule has 2 atom stereocenters. The van der Waals surface area contributed by atoms with Gasteiger partial charge in [0.1, 0.15) is 12.1 Å². The first kappa shape index (κ1) is 19.8. The van der Waals surface area contributed by atoms with Gasteiger partial charge >= 0.3 is 6.03 Å². The summed E-state index contributed by atoms with van der Waals surface area (Å²) in [5, 5.41) is 8.40. The Hall–Kier alpha value is -2.45. The molecule has 29 heavy (non-hydrogen) atoms. The lowest BCUT2D eigenvalue weighted by Crippen LogP contribution is -2.54. The summed E-state index contributed by atoms with van der Waals surface area (Å²) >= 11 is 7.18. The lowest BCUT2D eigenvalue weighted by molar-refractivity contribution is -0.136. The molecule has 0 radical (unpaired) electrons. The molecule has 1 aliphatic carbocycles. The van der Waals surface area contributed by atoms with E-state index < -0.39 is 17.5 Å². The number of thiazole rings is 1. The van der Waals surface area contributed by atoms with Crippen LogP contribution < -0.4 is 10.6 Å². The Morgan fingerprint density at radius 3 is 2.83 bits per heavy atom. The molecule has 2 unspecified atom stereocenters. The van der Waals surface area contributed by atoms with E-state index in [0.717, 1.165) is 29.7 Å². The first-order chi connectivity index (χ1) is 13.9. The van der Waals surface area contributed by atoms with Gasteiger partial charge in [-0.05, 0) is 30.9 Å². The molecule has 2 aromatic rings. The van der Waals surface area contributed by atoms with Crippen LogP contribution in [0.1, 0.15) is 32.6 Å². The second-order valence-electron chi connectivity index (χ2n) is 7.53. The number of nitrogens with one attached hydrogen (secondary N) is 2. The highest BCUT2D eigenvalue weighted by atomic mass is 35.5. The van der Waals surface area contributed by atoms with Crippen molar-refractivity contribution >= 4 is 45.9 Å². The highest BCUT2D eigenvalue weighted by Gasteiger charge is 2.55. The first-order valence-corrected chi connectivity index (χ1v) is 10.8. The maximum Gasteiger partial charge on any atom is 0.325 e. The molecule has 1 aliphatic heterocycles. The van der Waals surface area contributed by atoms with E-state index in [1.165, 1.54) is 11.3 Å². The van der Waals surface area contributed by atoms with Crippen LogP contribution in [0, 0.1) is 5.92 Å². The predicted octanol–water partition coefficient (Wildman–Crippen LogP) is 3.90. The van der Waals surface area contributed by atoms with E-state index in [4.69, 9.17) is 11.6 Å². The number of amides is 4. The third-order valence-corrected chi connectivity index (χ3v) is 6.70. The van der Waals surface area contributed by atoms with Crippen LogP contribution in [0.3, 0.4) is 0 Å².